The Balaban J connectivity index is 3.65. The molecular weight excluding hydrogens is 483 g/mol. The van der Waals surface area contributed by atoms with Crippen molar-refractivity contribution in [1.82, 2.24) is 0 Å². The molecule has 0 bridgehead atoms. The number of unbranched alkanes of at least 4 members (excludes halogenated alkanes) is 14. The van der Waals surface area contributed by atoms with Crippen molar-refractivity contribution < 1.29 is 27.8 Å². The summed E-state index contributed by atoms with van der Waals surface area (Å²) in [4.78, 5) is 21.5. The molecule has 2 unspecified atom stereocenters. The van der Waals surface area contributed by atoms with Crippen LogP contribution in [0.4, 0.5) is 0 Å². The van der Waals surface area contributed by atoms with E-state index in [4.69, 9.17) is 14.8 Å². The van der Waals surface area contributed by atoms with Gasteiger partial charge in [-0.15, -0.1) is 0 Å². The molecule has 0 aliphatic carbocycles. The zero-order valence-corrected chi connectivity index (χ0v) is 24.9. The third kappa shape index (κ3) is 25.3. The van der Waals surface area contributed by atoms with Crippen LogP contribution >= 0.6 is 19.6 Å². The molecule has 0 aromatic carbocycles. The van der Waals surface area contributed by atoms with Crippen LogP contribution in [0.3, 0.4) is 0 Å². The average molecular weight is 540 g/mol. The molecule has 210 valence electrons. The lowest BCUT2D eigenvalue weighted by molar-refractivity contribution is -0.870. The maximum atomic E-state index is 12.0. The van der Waals surface area contributed by atoms with Crippen LogP contribution in [0.5, 0.6) is 0 Å². The number of hydrogen-bond donors (Lipinski definition) is 2. The summed E-state index contributed by atoms with van der Waals surface area (Å²) in [5.41, 5.74) is 5.45. The van der Waals surface area contributed by atoms with E-state index in [0.29, 0.717) is 16.8 Å². The summed E-state index contributed by atoms with van der Waals surface area (Å²) in [5, 5.41) is 0. The minimum atomic E-state index is -4.18. The van der Waals surface area contributed by atoms with Crippen molar-refractivity contribution >= 4 is 25.5 Å². The van der Waals surface area contributed by atoms with Gasteiger partial charge in [0, 0.05) is 5.75 Å². The van der Waals surface area contributed by atoms with Gasteiger partial charge >= 0.3 is 7.82 Å². The highest BCUT2D eigenvalue weighted by Gasteiger charge is 2.26. The van der Waals surface area contributed by atoms with Gasteiger partial charge in [-0.3, -0.25) is 13.8 Å². The maximum Gasteiger partial charge on any atom is 0.472 e. The minimum absolute atomic E-state index is 0.104. The average Bonchev–Trinajstić information content (AvgIpc) is 2.76. The molecule has 0 fully saturated rings. The van der Waals surface area contributed by atoms with E-state index in [2.05, 4.69) is 6.92 Å². The molecule has 2 atom stereocenters. The number of nitrogens with two attached hydrogens (primary N) is 1. The van der Waals surface area contributed by atoms with Crippen LogP contribution in [0.25, 0.3) is 0 Å². The van der Waals surface area contributed by atoms with Gasteiger partial charge in [-0.05, 0) is 12.2 Å². The molecule has 0 saturated carbocycles. The minimum Gasteiger partial charge on any atom is -0.369 e. The Morgan fingerprint density at radius 3 is 1.74 bits per heavy atom. The molecule has 0 spiro atoms. The van der Waals surface area contributed by atoms with Crippen molar-refractivity contribution in [1.29, 1.82) is 0 Å². The molecule has 0 saturated heterocycles. The standard InChI is InChI=1S/C26H55N2O5PS/c1-5-6-7-8-9-10-11-12-13-14-15-16-17-18-19-22-35-24-25(26(27)29)23-33-34(30,31)32-21-20-28(2,3)4/h25H,5-24H2,1-4H3,(H2-,27,29,30,31)/p+1. The van der Waals surface area contributed by atoms with Gasteiger partial charge in [-0.1, -0.05) is 96.8 Å². The number of phosphoric ester groups is 1. The normalized spacial score (nSPS) is 14.7. The number of primary amides is 1. The van der Waals surface area contributed by atoms with Gasteiger partial charge in [-0.25, -0.2) is 4.57 Å². The van der Waals surface area contributed by atoms with Gasteiger partial charge in [0.1, 0.15) is 13.2 Å². The van der Waals surface area contributed by atoms with Crippen LogP contribution in [-0.2, 0) is 18.4 Å². The van der Waals surface area contributed by atoms with E-state index in [1.54, 1.807) is 11.8 Å². The van der Waals surface area contributed by atoms with Crippen LogP contribution in [0.2, 0.25) is 0 Å². The highest BCUT2D eigenvalue weighted by Crippen LogP contribution is 2.43. The lowest BCUT2D eigenvalue weighted by atomic mass is 10.0. The number of amides is 1. The molecule has 3 N–H and O–H groups in total. The molecule has 0 rings (SSSR count). The van der Waals surface area contributed by atoms with E-state index in [0.717, 1.165) is 12.2 Å². The van der Waals surface area contributed by atoms with Crippen molar-refractivity contribution in [2.75, 3.05) is 52.4 Å². The zero-order chi connectivity index (χ0) is 26.4. The third-order valence-corrected chi connectivity index (χ3v) is 8.27. The molecule has 0 aliphatic rings. The summed E-state index contributed by atoms with van der Waals surface area (Å²) in [6, 6.07) is 0. The maximum absolute atomic E-state index is 12.0. The molecule has 1 amide bonds. The number of hydrogen-bond acceptors (Lipinski definition) is 5. The molecule has 0 radical (unpaired) electrons. The molecule has 35 heavy (non-hydrogen) atoms. The number of likely N-dealkylation sites (N-methyl/N-ethyl adjacent to an activating group) is 1. The van der Waals surface area contributed by atoms with E-state index in [1.807, 2.05) is 21.1 Å². The smallest absolute Gasteiger partial charge is 0.369 e. The first-order valence-electron chi connectivity index (χ1n) is 13.9. The summed E-state index contributed by atoms with van der Waals surface area (Å²) < 4.78 is 22.6. The summed E-state index contributed by atoms with van der Waals surface area (Å²) in [6.07, 6.45) is 20.1. The van der Waals surface area contributed by atoms with E-state index in [9.17, 15) is 14.3 Å². The third-order valence-electron chi connectivity index (χ3n) is 6.07. The Morgan fingerprint density at radius 1 is 0.857 bits per heavy atom. The first-order valence-corrected chi connectivity index (χ1v) is 16.5. The Hall–Kier alpha value is -0.110. The Labute approximate surface area is 220 Å². The Bertz CT molecular complexity index is 560. The van der Waals surface area contributed by atoms with E-state index >= 15 is 0 Å². The monoisotopic (exact) mass is 539 g/mol. The summed E-state index contributed by atoms with van der Waals surface area (Å²) >= 11 is 1.65. The number of phosphoric acid groups is 1. The van der Waals surface area contributed by atoms with Gasteiger partial charge in [0.15, 0.2) is 0 Å². The number of carbonyl (C=O) groups is 1. The van der Waals surface area contributed by atoms with Crippen molar-refractivity contribution in [3.63, 3.8) is 0 Å². The molecule has 0 heterocycles. The second kappa shape index (κ2) is 21.9. The van der Waals surface area contributed by atoms with E-state index in [1.165, 1.54) is 89.9 Å². The zero-order valence-electron chi connectivity index (χ0n) is 23.2. The van der Waals surface area contributed by atoms with Crippen molar-refractivity contribution in [3.05, 3.63) is 0 Å². The second-order valence-corrected chi connectivity index (χ2v) is 13.3. The Kier molecular flexibility index (Phi) is 21.9. The number of rotatable bonds is 26. The van der Waals surface area contributed by atoms with Crippen LogP contribution in [0.15, 0.2) is 0 Å². The summed E-state index contributed by atoms with van der Waals surface area (Å²) in [6.45, 7) is 2.75. The van der Waals surface area contributed by atoms with Crippen molar-refractivity contribution in [2.24, 2.45) is 11.7 Å². The molecule has 0 aliphatic heterocycles. The van der Waals surface area contributed by atoms with Crippen molar-refractivity contribution in [2.45, 2.75) is 103 Å². The first kappa shape index (κ1) is 34.9. The topological polar surface area (TPSA) is 98.8 Å². The van der Waals surface area contributed by atoms with Crippen LogP contribution in [0.1, 0.15) is 103 Å². The van der Waals surface area contributed by atoms with E-state index < -0.39 is 19.6 Å². The van der Waals surface area contributed by atoms with Gasteiger partial charge in [0.05, 0.1) is 33.7 Å². The quantitative estimate of drug-likeness (QED) is 0.0736. The lowest BCUT2D eigenvalue weighted by Gasteiger charge is -2.24. The first-order chi connectivity index (χ1) is 16.6. The molecule has 0 aromatic heterocycles. The van der Waals surface area contributed by atoms with Gasteiger partial charge in [0.25, 0.3) is 0 Å². The molecule has 9 heteroatoms. The highest BCUT2D eigenvalue weighted by molar-refractivity contribution is 7.99. The summed E-state index contributed by atoms with van der Waals surface area (Å²) in [5.74, 6) is 0.338. The molecule has 0 aromatic rings. The Morgan fingerprint density at radius 2 is 1.31 bits per heavy atom. The highest BCUT2D eigenvalue weighted by atomic mass is 32.2. The fourth-order valence-corrected chi connectivity index (χ4v) is 5.54. The fraction of sp³-hybridized carbons (Fsp3) is 0.962. The number of nitrogens with zero attached hydrogens (tertiary/aromatic N) is 1. The second-order valence-electron chi connectivity index (χ2n) is 10.7. The number of carbonyl (C=O) groups excluding carboxylic acids is 1. The number of thioether (sulfide) groups is 1. The SMILES string of the molecule is CCCCCCCCCCCCCCCCCSCC(COP(=O)(O)OCC[N+](C)(C)C)C(N)=O. The predicted molar refractivity (Wildman–Crippen MR) is 150 cm³/mol. The fourth-order valence-electron chi connectivity index (χ4n) is 3.66. The van der Waals surface area contributed by atoms with Crippen LogP contribution in [0, 0.1) is 5.92 Å². The van der Waals surface area contributed by atoms with Crippen LogP contribution in [-0.4, -0.2) is 67.7 Å². The molecular formula is C26H56N2O5PS+. The lowest BCUT2D eigenvalue weighted by Crippen LogP contribution is -2.37. The van der Waals surface area contributed by atoms with Crippen molar-refractivity contribution in [3.8, 4) is 0 Å². The summed E-state index contributed by atoms with van der Waals surface area (Å²) in [7, 11) is 1.72. The van der Waals surface area contributed by atoms with Gasteiger partial charge in [-0.2, -0.15) is 11.8 Å². The van der Waals surface area contributed by atoms with Gasteiger partial charge < -0.3 is 15.1 Å². The molecule has 7 nitrogen and oxygen atoms in total. The van der Waals surface area contributed by atoms with E-state index in [-0.39, 0.29) is 13.2 Å². The van der Waals surface area contributed by atoms with Crippen LogP contribution < -0.4 is 5.73 Å². The van der Waals surface area contributed by atoms with Gasteiger partial charge in [0.2, 0.25) is 5.91 Å². The largest absolute Gasteiger partial charge is 0.472 e. The number of quaternary nitrogens is 1. The predicted octanol–water partition coefficient (Wildman–Crippen LogP) is 6.53.